The number of amides is 2. The second kappa shape index (κ2) is 5.96. The van der Waals surface area contributed by atoms with Crippen molar-refractivity contribution in [3.8, 4) is 0 Å². The van der Waals surface area contributed by atoms with Crippen LogP contribution in [0.4, 0.5) is 0 Å². The number of hydrogen-bond donors (Lipinski definition) is 1. The molecule has 0 spiro atoms. The Labute approximate surface area is 133 Å². The quantitative estimate of drug-likeness (QED) is 0.850. The molecule has 1 atom stereocenters. The molecule has 1 aromatic heterocycles. The average Bonchev–Trinajstić information content (AvgIpc) is 2.96. The van der Waals surface area contributed by atoms with Crippen molar-refractivity contribution in [2.45, 2.75) is 25.5 Å². The molecule has 0 saturated carbocycles. The normalized spacial score (nSPS) is 21.5. The van der Waals surface area contributed by atoms with E-state index in [0.717, 1.165) is 11.0 Å². The third kappa shape index (κ3) is 3.02. The average molecular weight is 317 g/mol. The smallest absolute Gasteiger partial charge is 0.251 e. The highest BCUT2D eigenvalue weighted by atomic mass is 16.5. The number of carbonyl (C=O) groups is 2. The van der Waals surface area contributed by atoms with Crippen molar-refractivity contribution < 1.29 is 14.3 Å². The van der Waals surface area contributed by atoms with Crippen LogP contribution >= 0.6 is 0 Å². The largest absolute Gasteiger partial charge is 0.367 e. The van der Waals surface area contributed by atoms with E-state index in [1.54, 1.807) is 16.5 Å². The lowest BCUT2D eigenvalue weighted by atomic mass is 10.0. The number of para-hydroxylation sites is 1. The molecule has 0 bridgehead atoms. The summed E-state index contributed by atoms with van der Waals surface area (Å²) in [5, 5.41) is 8.13. The topological polar surface area (TPSA) is 103 Å². The molecule has 1 aliphatic heterocycles. The fourth-order valence-electron chi connectivity index (χ4n) is 2.67. The van der Waals surface area contributed by atoms with Crippen molar-refractivity contribution >= 4 is 22.8 Å². The van der Waals surface area contributed by atoms with E-state index in [0.29, 0.717) is 19.7 Å². The molecule has 1 saturated heterocycles. The first-order chi connectivity index (χ1) is 11.0. The van der Waals surface area contributed by atoms with Gasteiger partial charge in [0.25, 0.3) is 5.91 Å². The summed E-state index contributed by atoms with van der Waals surface area (Å²) in [6.07, 6.45) is 0.280. The van der Waals surface area contributed by atoms with Crippen LogP contribution in [0.1, 0.15) is 13.3 Å². The number of aryl methyl sites for hydroxylation is 1. The lowest BCUT2D eigenvalue weighted by Gasteiger charge is -2.38. The molecule has 2 aromatic rings. The summed E-state index contributed by atoms with van der Waals surface area (Å²) < 4.78 is 7.13. The maximum absolute atomic E-state index is 12.4. The van der Waals surface area contributed by atoms with Crippen LogP contribution in [0.2, 0.25) is 0 Å². The number of ether oxygens (including phenoxy) is 1. The number of hydrogen-bond acceptors (Lipinski definition) is 5. The van der Waals surface area contributed by atoms with Gasteiger partial charge >= 0.3 is 0 Å². The highest BCUT2D eigenvalue weighted by Crippen LogP contribution is 2.18. The van der Waals surface area contributed by atoms with Crippen molar-refractivity contribution in [3.63, 3.8) is 0 Å². The molecule has 23 heavy (non-hydrogen) atoms. The number of rotatable bonds is 4. The van der Waals surface area contributed by atoms with Crippen LogP contribution < -0.4 is 5.73 Å². The first kappa shape index (κ1) is 15.4. The molecule has 0 aliphatic carbocycles. The number of nitrogens with zero attached hydrogens (tertiary/aromatic N) is 4. The van der Waals surface area contributed by atoms with Gasteiger partial charge in [-0.2, -0.15) is 0 Å². The molecule has 1 aliphatic rings. The molecule has 2 N–H and O–H groups in total. The number of carbonyl (C=O) groups excluding carboxylic acids is 2. The van der Waals surface area contributed by atoms with Gasteiger partial charge in [-0.05, 0) is 19.1 Å². The Morgan fingerprint density at radius 2 is 2.17 bits per heavy atom. The summed E-state index contributed by atoms with van der Waals surface area (Å²) in [7, 11) is 0. The van der Waals surface area contributed by atoms with Crippen LogP contribution in [0.3, 0.4) is 0 Å². The molecule has 8 heteroatoms. The van der Waals surface area contributed by atoms with E-state index in [1.807, 2.05) is 24.3 Å². The van der Waals surface area contributed by atoms with Gasteiger partial charge in [0.1, 0.15) is 5.52 Å². The number of morpholine rings is 1. The number of nitrogens with two attached hydrogens (primary N) is 1. The SMILES string of the molecule is CC1(C(N)=O)CN(C(=O)CCn2nnc3ccccc32)CCO1. The highest BCUT2D eigenvalue weighted by molar-refractivity contribution is 5.85. The van der Waals surface area contributed by atoms with Crippen molar-refractivity contribution in [1.82, 2.24) is 19.9 Å². The Kier molecular flexibility index (Phi) is 3.99. The van der Waals surface area contributed by atoms with Crippen molar-refractivity contribution in [2.24, 2.45) is 5.73 Å². The first-order valence-corrected chi connectivity index (χ1v) is 7.49. The van der Waals surface area contributed by atoms with Crippen LogP contribution in [-0.2, 0) is 20.9 Å². The van der Waals surface area contributed by atoms with Crippen molar-refractivity contribution in [2.75, 3.05) is 19.7 Å². The van der Waals surface area contributed by atoms with E-state index < -0.39 is 11.5 Å². The second-order valence-electron chi connectivity index (χ2n) is 5.81. The lowest BCUT2D eigenvalue weighted by molar-refractivity contribution is -0.160. The summed E-state index contributed by atoms with van der Waals surface area (Å²) in [6, 6.07) is 7.59. The fourth-order valence-corrected chi connectivity index (χ4v) is 2.67. The van der Waals surface area contributed by atoms with Gasteiger partial charge in [-0.1, -0.05) is 17.3 Å². The van der Waals surface area contributed by atoms with Gasteiger partial charge in [0.05, 0.1) is 25.2 Å². The molecule has 1 unspecified atom stereocenters. The predicted octanol–water partition coefficient (Wildman–Crippen LogP) is -0.0758. The molecule has 0 radical (unpaired) electrons. The molecule has 2 amide bonds. The number of fused-ring (bicyclic) bond motifs is 1. The third-order valence-corrected chi connectivity index (χ3v) is 4.11. The van der Waals surface area contributed by atoms with Gasteiger partial charge < -0.3 is 15.4 Å². The molecule has 2 heterocycles. The van der Waals surface area contributed by atoms with Gasteiger partial charge in [-0.3, -0.25) is 9.59 Å². The fraction of sp³-hybridized carbons (Fsp3) is 0.467. The zero-order valence-electron chi connectivity index (χ0n) is 12.9. The van der Waals surface area contributed by atoms with E-state index >= 15 is 0 Å². The van der Waals surface area contributed by atoms with Crippen LogP contribution in [0.25, 0.3) is 11.0 Å². The van der Waals surface area contributed by atoms with Gasteiger partial charge in [0.2, 0.25) is 5.91 Å². The van der Waals surface area contributed by atoms with Gasteiger partial charge in [-0.25, -0.2) is 4.68 Å². The summed E-state index contributed by atoms with van der Waals surface area (Å²) in [5.74, 6) is -0.613. The summed E-state index contributed by atoms with van der Waals surface area (Å²) in [6.45, 7) is 2.99. The van der Waals surface area contributed by atoms with Gasteiger partial charge in [0.15, 0.2) is 5.60 Å². The molecule has 8 nitrogen and oxygen atoms in total. The molecule has 122 valence electrons. The van der Waals surface area contributed by atoms with E-state index in [-0.39, 0.29) is 18.9 Å². The molecular weight excluding hydrogens is 298 g/mol. The number of benzene rings is 1. The summed E-state index contributed by atoms with van der Waals surface area (Å²) in [5.41, 5.74) is 5.93. The maximum atomic E-state index is 12.4. The molecule has 1 fully saturated rings. The lowest BCUT2D eigenvalue weighted by Crippen LogP contribution is -2.58. The maximum Gasteiger partial charge on any atom is 0.251 e. The zero-order valence-corrected chi connectivity index (χ0v) is 12.9. The minimum atomic E-state index is -1.12. The summed E-state index contributed by atoms with van der Waals surface area (Å²) >= 11 is 0. The molecule has 1 aromatic carbocycles. The number of primary amides is 1. The van der Waals surface area contributed by atoms with E-state index in [9.17, 15) is 9.59 Å². The minimum absolute atomic E-state index is 0.0552. The zero-order chi connectivity index (χ0) is 16.4. The van der Waals surface area contributed by atoms with E-state index in [4.69, 9.17) is 10.5 Å². The second-order valence-corrected chi connectivity index (χ2v) is 5.81. The summed E-state index contributed by atoms with van der Waals surface area (Å²) in [4.78, 5) is 25.5. The van der Waals surface area contributed by atoms with Gasteiger partial charge in [0, 0.05) is 13.0 Å². The Hall–Kier alpha value is -2.48. The van der Waals surface area contributed by atoms with Crippen LogP contribution in [0.5, 0.6) is 0 Å². The predicted molar refractivity (Wildman–Crippen MR) is 82.3 cm³/mol. The first-order valence-electron chi connectivity index (χ1n) is 7.49. The van der Waals surface area contributed by atoms with Gasteiger partial charge in [-0.15, -0.1) is 5.10 Å². The standard InChI is InChI=1S/C15H19N5O3/c1-15(14(16)22)10-19(8-9-23-15)13(21)6-7-20-12-5-3-2-4-11(12)17-18-20/h2-5H,6-10H2,1H3,(H2,16,22). The molecular formula is C15H19N5O3. The Morgan fingerprint density at radius 3 is 2.96 bits per heavy atom. The minimum Gasteiger partial charge on any atom is -0.367 e. The van der Waals surface area contributed by atoms with Crippen LogP contribution in [0, 0.1) is 0 Å². The third-order valence-electron chi connectivity index (χ3n) is 4.11. The van der Waals surface area contributed by atoms with E-state index in [1.165, 1.54) is 0 Å². The Morgan fingerprint density at radius 1 is 1.39 bits per heavy atom. The molecule has 3 rings (SSSR count). The van der Waals surface area contributed by atoms with Crippen molar-refractivity contribution in [1.29, 1.82) is 0 Å². The van der Waals surface area contributed by atoms with Crippen LogP contribution in [-0.4, -0.2) is 57.0 Å². The number of aromatic nitrogens is 3. The highest BCUT2D eigenvalue weighted by Gasteiger charge is 2.39. The van der Waals surface area contributed by atoms with E-state index in [2.05, 4.69) is 10.3 Å². The van der Waals surface area contributed by atoms with Crippen molar-refractivity contribution in [3.05, 3.63) is 24.3 Å². The monoisotopic (exact) mass is 317 g/mol. The van der Waals surface area contributed by atoms with Crippen LogP contribution in [0.15, 0.2) is 24.3 Å². The Balaban J connectivity index is 1.64. The Bertz CT molecular complexity index is 744.